The summed E-state index contributed by atoms with van der Waals surface area (Å²) in [5.74, 6) is 0. The first-order chi connectivity index (χ1) is 9.96. The second-order valence-corrected chi connectivity index (χ2v) is 6.99. The Balaban J connectivity index is 0.00000242. The Kier molecular flexibility index (Phi) is 6.56. The van der Waals surface area contributed by atoms with Crippen molar-refractivity contribution in [1.29, 1.82) is 0 Å². The molecule has 4 nitrogen and oxygen atoms in total. The lowest BCUT2D eigenvalue weighted by Gasteiger charge is -2.23. The number of benzene rings is 2. The molecule has 0 aliphatic rings. The highest BCUT2D eigenvalue weighted by molar-refractivity contribution is 7.89. The normalized spacial score (nSPS) is 12.7. The summed E-state index contributed by atoms with van der Waals surface area (Å²) in [6.45, 7) is 2.08. The lowest BCUT2D eigenvalue weighted by Crippen LogP contribution is -2.39. The zero-order valence-electron chi connectivity index (χ0n) is 12.6. The molecule has 2 N–H and O–H groups in total. The molecule has 0 aliphatic heterocycles. The smallest absolute Gasteiger partial charge is 0.243 e. The molecule has 2 rings (SSSR count). The SMILES string of the molecule is CC(CN)N(C)S(=O)(=O)c1ccc(-c2ccccc2)cc1.Cl. The molecule has 0 bridgehead atoms. The topological polar surface area (TPSA) is 63.4 Å². The Morgan fingerprint density at radius 3 is 2.00 bits per heavy atom. The Hall–Kier alpha value is -1.40. The average molecular weight is 341 g/mol. The molecule has 0 fully saturated rings. The molecule has 0 saturated heterocycles. The van der Waals surface area contributed by atoms with E-state index < -0.39 is 10.0 Å². The van der Waals surface area contributed by atoms with Crippen molar-refractivity contribution in [2.24, 2.45) is 5.73 Å². The van der Waals surface area contributed by atoms with Crippen LogP contribution in [0.2, 0.25) is 0 Å². The van der Waals surface area contributed by atoms with E-state index in [2.05, 4.69) is 0 Å². The van der Waals surface area contributed by atoms with Crippen molar-refractivity contribution in [2.45, 2.75) is 17.9 Å². The second kappa shape index (κ2) is 7.74. The van der Waals surface area contributed by atoms with Gasteiger partial charge in [-0.15, -0.1) is 12.4 Å². The first-order valence-corrected chi connectivity index (χ1v) is 8.24. The molecule has 0 saturated carbocycles. The standard InChI is InChI=1S/C16H20N2O2S.ClH/c1-13(12-17)18(2)21(19,20)16-10-8-15(9-11-16)14-6-4-3-5-7-14;/h3-11,13H,12,17H2,1-2H3;1H. The predicted molar refractivity (Wildman–Crippen MR) is 92.6 cm³/mol. The zero-order chi connectivity index (χ0) is 15.5. The fraction of sp³-hybridized carbons (Fsp3) is 0.250. The quantitative estimate of drug-likeness (QED) is 0.910. The highest BCUT2D eigenvalue weighted by atomic mass is 35.5. The van der Waals surface area contributed by atoms with Gasteiger partial charge >= 0.3 is 0 Å². The number of hydrogen-bond donors (Lipinski definition) is 1. The van der Waals surface area contributed by atoms with Crippen LogP contribution < -0.4 is 5.73 Å². The molecule has 0 spiro atoms. The fourth-order valence-corrected chi connectivity index (χ4v) is 3.37. The van der Waals surface area contributed by atoms with Gasteiger partial charge in [-0.3, -0.25) is 0 Å². The second-order valence-electron chi connectivity index (χ2n) is 5.00. The van der Waals surface area contributed by atoms with Gasteiger partial charge in [0, 0.05) is 19.6 Å². The summed E-state index contributed by atoms with van der Waals surface area (Å²) in [6.07, 6.45) is 0. The number of halogens is 1. The van der Waals surface area contributed by atoms with Crippen molar-refractivity contribution >= 4 is 22.4 Å². The van der Waals surface area contributed by atoms with Crippen molar-refractivity contribution in [3.8, 4) is 11.1 Å². The number of likely N-dealkylation sites (N-methyl/N-ethyl adjacent to an activating group) is 1. The summed E-state index contributed by atoms with van der Waals surface area (Å²) in [4.78, 5) is 0.282. The van der Waals surface area contributed by atoms with Gasteiger partial charge in [0.1, 0.15) is 0 Å². The van der Waals surface area contributed by atoms with E-state index in [1.165, 1.54) is 4.31 Å². The van der Waals surface area contributed by atoms with Crippen LogP contribution in [0.3, 0.4) is 0 Å². The minimum atomic E-state index is -3.50. The lowest BCUT2D eigenvalue weighted by molar-refractivity contribution is 0.394. The molecular formula is C16H21ClN2O2S. The summed E-state index contributed by atoms with van der Waals surface area (Å²) < 4.78 is 26.2. The Morgan fingerprint density at radius 2 is 1.50 bits per heavy atom. The van der Waals surface area contributed by atoms with E-state index in [1.54, 1.807) is 26.1 Å². The number of sulfonamides is 1. The van der Waals surface area contributed by atoms with Crippen LogP contribution in [0.1, 0.15) is 6.92 Å². The van der Waals surface area contributed by atoms with Gasteiger partial charge in [0.15, 0.2) is 0 Å². The molecule has 22 heavy (non-hydrogen) atoms. The molecule has 2 aromatic rings. The average Bonchev–Trinajstić information content (AvgIpc) is 2.54. The van der Waals surface area contributed by atoms with E-state index in [9.17, 15) is 8.42 Å². The maximum Gasteiger partial charge on any atom is 0.243 e. The van der Waals surface area contributed by atoms with Gasteiger partial charge in [-0.05, 0) is 30.2 Å². The predicted octanol–water partition coefficient (Wildman–Crippen LogP) is 2.74. The van der Waals surface area contributed by atoms with Crippen molar-refractivity contribution in [2.75, 3.05) is 13.6 Å². The number of nitrogens with zero attached hydrogens (tertiary/aromatic N) is 1. The van der Waals surface area contributed by atoms with Crippen LogP contribution in [0, 0.1) is 0 Å². The molecular weight excluding hydrogens is 320 g/mol. The molecule has 1 unspecified atom stereocenters. The molecule has 0 radical (unpaired) electrons. The molecule has 0 amide bonds. The van der Waals surface area contributed by atoms with Crippen LogP contribution in [0.4, 0.5) is 0 Å². The maximum absolute atomic E-state index is 12.5. The lowest BCUT2D eigenvalue weighted by atomic mass is 10.1. The first kappa shape index (κ1) is 18.6. The maximum atomic E-state index is 12.5. The molecule has 2 aromatic carbocycles. The molecule has 0 aliphatic carbocycles. The summed E-state index contributed by atoms with van der Waals surface area (Å²) in [6, 6.07) is 16.5. The molecule has 0 heterocycles. The largest absolute Gasteiger partial charge is 0.329 e. The van der Waals surface area contributed by atoms with Crippen molar-refractivity contribution < 1.29 is 8.42 Å². The van der Waals surface area contributed by atoms with E-state index in [-0.39, 0.29) is 29.9 Å². The summed E-state index contributed by atoms with van der Waals surface area (Å²) in [5, 5.41) is 0. The van der Waals surface area contributed by atoms with E-state index >= 15 is 0 Å². The van der Waals surface area contributed by atoms with E-state index in [1.807, 2.05) is 42.5 Å². The number of hydrogen-bond acceptors (Lipinski definition) is 3. The zero-order valence-corrected chi connectivity index (χ0v) is 14.3. The monoisotopic (exact) mass is 340 g/mol. The van der Waals surface area contributed by atoms with Gasteiger partial charge in [0.05, 0.1) is 4.90 Å². The highest BCUT2D eigenvalue weighted by Crippen LogP contribution is 2.22. The summed E-state index contributed by atoms with van der Waals surface area (Å²) in [5.41, 5.74) is 7.59. The Morgan fingerprint density at radius 1 is 1.00 bits per heavy atom. The minimum absolute atomic E-state index is 0. The van der Waals surface area contributed by atoms with Crippen LogP contribution in [0.15, 0.2) is 59.5 Å². The number of nitrogens with two attached hydrogens (primary N) is 1. The first-order valence-electron chi connectivity index (χ1n) is 6.80. The van der Waals surface area contributed by atoms with Crippen LogP contribution in [0.25, 0.3) is 11.1 Å². The molecule has 6 heteroatoms. The van der Waals surface area contributed by atoms with Crippen LogP contribution >= 0.6 is 12.4 Å². The van der Waals surface area contributed by atoms with E-state index in [0.29, 0.717) is 0 Å². The van der Waals surface area contributed by atoms with Gasteiger partial charge in [-0.25, -0.2) is 8.42 Å². The summed E-state index contributed by atoms with van der Waals surface area (Å²) in [7, 11) is -1.94. The van der Waals surface area contributed by atoms with Crippen molar-refractivity contribution in [3.05, 3.63) is 54.6 Å². The van der Waals surface area contributed by atoms with Gasteiger partial charge in [0.2, 0.25) is 10.0 Å². The Labute approximate surface area is 138 Å². The van der Waals surface area contributed by atoms with Gasteiger partial charge in [-0.2, -0.15) is 4.31 Å². The third-order valence-corrected chi connectivity index (χ3v) is 5.59. The molecule has 120 valence electrons. The minimum Gasteiger partial charge on any atom is -0.329 e. The van der Waals surface area contributed by atoms with E-state index in [0.717, 1.165) is 11.1 Å². The third-order valence-electron chi connectivity index (χ3n) is 3.60. The fourth-order valence-electron chi connectivity index (χ4n) is 2.00. The Bertz CT molecular complexity index is 688. The van der Waals surface area contributed by atoms with Crippen LogP contribution in [0.5, 0.6) is 0 Å². The van der Waals surface area contributed by atoms with Gasteiger partial charge < -0.3 is 5.73 Å². The third kappa shape index (κ3) is 3.87. The molecule has 0 aromatic heterocycles. The van der Waals surface area contributed by atoms with Crippen LogP contribution in [-0.2, 0) is 10.0 Å². The van der Waals surface area contributed by atoms with Crippen molar-refractivity contribution in [3.63, 3.8) is 0 Å². The van der Waals surface area contributed by atoms with Gasteiger partial charge in [0.25, 0.3) is 0 Å². The number of rotatable bonds is 5. The van der Waals surface area contributed by atoms with Gasteiger partial charge in [-0.1, -0.05) is 42.5 Å². The van der Waals surface area contributed by atoms with Crippen molar-refractivity contribution in [1.82, 2.24) is 4.31 Å². The van der Waals surface area contributed by atoms with Crippen LogP contribution in [-0.4, -0.2) is 32.4 Å². The van der Waals surface area contributed by atoms with E-state index in [4.69, 9.17) is 5.73 Å². The summed E-state index contributed by atoms with van der Waals surface area (Å²) >= 11 is 0. The highest BCUT2D eigenvalue weighted by Gasteiger charge is 2.24. The molecule has 1 atom stereocenters.